The third-order valence-corrected chi connectivity index (χ3v) is 15.2. The largest absolute Gasteiger partial charge is 2.00 e. The number of hydrogen-bond donors (Lipinski definition) is 1. The summed E-state index contributed by atoms with van der Waals surface area (Å²) in [6.07, 6.45) is 28.3. The van der Waals surface area contributed by atoms with Gasteiger partial charge in [0.05, 0.1) is 0 Å². The van der Waals surface area contributed by atoms with E-state index >= 15 is 0 Å². The van der Waals surface area contributed by atoms with Gasteiger partial charge >= 0.3 is 34.1 Å². The van der Waals surface area contributed by atoms with Gasteiger partial charge in [0.2, 0.25) is 0 Å². The van der Waals surface area contributed by atoms with Crippen LogP contribution < -0.4 is 0 Å². The molecule has 0 radical (unpaired) electrons. The quantitative estimate of drug-likeness (QED) is 0.0619. The van der Waals surface area contributed by atoms with E-state index in [0.29, 0.717) is 12.5 Å². The molecular formula is C46H105BrFe2INO3Si2. The van der Waals surface area contributed by atoms with E-state index in [9.17, 15) is 0 Å². The Morgan fingerprint density at radius 3 is 1.16 bits per heavy atom. The van der Waals surface area contributed by atoms with E-state index in [2.05, 4.69) is 104 Å². The minimum atomic E-state index is -1.34. The molecule has 4 aliphatic carbocycles. The zero-order chi connectivity index (χ0) is 38.4. The summed E-state index contributed by atoms with van der Waals surface area (Å²) in [5.74, 6) is 1.51. The maximum absolute atomic E-state index is 8.57. The predicted octanol–water partition coefficient (Wildman–Crippen LogP) is 16.2. The molecule has 4 aliphatic rings. The van der Waals surface area contributed by atoms with Gasteiger partial charge in [-0.3, -0.25) is 0 Å². The molecule has 0 heterocycles. The van der Waals surface area contributed by atoms with Crippen LogP contribution in [0.15, 0.2) is 0 Å². The van der Waals surface area contributed by atoms with Gasteiger partial charge in [-0.1, -0.05) is 182 Å². The maximum atomic E-state index is 8.57. The predicted molar refractivity (Wildman–Crippen MR) is 272 cm³/mol. The third kappa shape index (κ3) is 65.6. The Bertz CT molecular complexity index is 598. The topological polar surface area (TPSA) is 41.9 Å². The summed E-state index contributed by atoms with van der Waals surface area (Å²) in [5.41, 5.74) is 0. The van der Waals surface area contributed by atoms with Crippen LogP contribution in [0.5, 0.6) is 0 Å². The van der Waals surface area contributed by atoms with E-state index in [1.165, 1.54) is 170 Å². The summed E-state index contributed by atoms with van der Waals surface area (Å²) < 4.78 is 12.4. The molecule has 0 aromatic rings. The van der Waals surface area contributed by atoms with Crippen LogP contribution in [0, 0.1) is 41.5 Å². The van der Waals surface area contributed by atoms with Gasteiger partial charge in [-0.2, -0.15) is 0 Å². The molecule has 0 spiro atoms. The summed E-state index contributed by atoms with van der Waals surface area (Å²) in [7, 11) is -0.208. The standard InChI is InChI=1S/C12H26O2Si.C6H15BrSi.C6H15N.C6H12O.2C5H10.C2H5I.4CH3.2Fe/c1-13-15(2,3)10-6-9-14-11-12-7-4-5-8-12;1-8(2,3)6-4-5-7;1-4-7(5-2)6-3;7-5-6-3-1-2-4-6;2*1-2-4-5-3-1;1-2-3;;;;;;/h12H,4-11H2,1-3H3;4-6H2,1-3H3;4-6H2,1-3H3;6-7H,1-5H2;2*1-5H2;2H2,1H3;4*1H3;;/q;;;;;;;4*-1;2*+2. The van der Waals surface area contributed by atoms with Crippen molar-refractivity contribution in [3.8, 4) is 0 Å². The fourth-order valence-corrected chi connectivity index (χ4v) is 9.59. The first kappa shape index (κ1) is 79.0. The van der Waals surface area contributed by atoms with Crippen molar-refractivity contribution in [1.29, 1.82) is 0 Å². The smallest absolute Gasteiger partial charge is 0.420 e. The molecule has 0 bridgehead atoms. The fourth-order valence-electron chi connectivity index (χ4n) is 6.36. The molecule has 1 N–H and O–H groups in total. The molecule has 4 saturated carbocycles. The maximum Gasteiger partial charge on any atom is 2.00 e. The van der Waals surface area contributed by atoms with Crippen LogP contribution in [-0.4, -0.2) is 82.7 Å². The van der Waals surface area contributed by atoms with Crippen LogP contribution in [0.1, 0.15) is 156 Å². The minimum absolute atomic E-state index is 0. The molecule has 56 heavy (non-hydrogen) atoms. The first-order valence-electron chi connectivity index (χ1n) is 21.5. The first-order chi connectivity index (χ1) is 23.9. The zero-order valence-corrected chi connectivity index (χ0v) is 48.5. The summed E-state index contributed by atoms with van der Waals surface area (Å²) in [4.78, 5) is 2.38. The molecule has 0 aliphatic heterocycles. The molecule has 4 rings (SSSR count). The molecule has 4 fully saturated rings. The van der Waals surface area contributed by atoms with E-state index in [1.54, 1.807) is 0 Å². The van der Waals surface area contributed by atoms with E-state index in [1.807, 2.05) is 7.11 Å². The second-order valence-electron chi connectivity index (χ2n) is 16.4. The Labute approximate surface area is 403 Å². The van der Waals surface area contributed by atoms with Crippen molar-refractivity contribution in [3.05, 3.63) is 29.7 Å². The number of alkyl halides is 2. The molecule has 0 amide bonds. The number of aliphatic hydroxyl groups excluding tert-OH is 1. The van der Waals surface area contributed by atoms with Crippen LogP contribution in [0.4, 0.5) is 0 Å². The van der Waals surface area contributed by atoms with Gasteiger partial charge in [-0.05, 0) is 93.6 Å². The molecule has 0 aromatic carbocycles. The Hall–Kier alpha value is 2.52. The van der Waals surface area contributed by atoms with Gasteiger partial charge in [0.15, 0.2) is 8.32 Å². The molecule has 350 valence electrons. The van der Waals surface area contributed by atoms with Crippen molar-refractivity contribution >= 4 is 54.9 Å². The molecule has 4 nitrogen and oxygen atoms in total. The summed E-state index contributed by atoms with van der Waals surface area (Å²) in [5, 5.41) is 9.74. The van der Waals surface area contributed by atoms with Gasteiger partial charge in [0, 0.05) is 40.3 Å². The molecule has 10 heteroatoms. The number of halogens is 2. The minimum Gasteiger partial charge on any atom is -0.420 e. The zero-order valence-electron chi connectivity index (χ0n) is 40.5. The van der Waals surface area contributed by atoms with Crippen LogP contribution in [-0.2, 0) is 43.3 Å². The van der Waals surface area contributed by atoms with Gasteiger partial charge < -0.3 is 48.9 Å². The van der Waals surface area contributed by atoms with Crippen molar-refractivity contribution < 1.29 is 48.4 Å². The second-order valence-corrected chi connectivity index (χ2v) is 28.8. The van der Waals surface area contributed by atoms with Crippen molar-refractivity contribution in [1.82, 2.24) is 4.90 Å². The third-order valence-electron chi connectivity index (χ3n) is 10.1. The molecular weight excluding hydrogens is 989 g/mol. The number of ether oxygens (including phenoxy) is 1. The SMILES string of the molecule is C1CCCC1.C1CCCC1.CCI.CCN(CC)CC.CO[Si](C)(C)CCCOCC1CCCC1.C[Si](C)(C)CCCBr.OCC1CCCC1.[CH3-].[CH3-].[CH3-].[CH3-].[Fe+2].[Fe+2]. The first-order valence-corrected chi connectivity index (χ1v) is 30.9. The number of aliphatic hydroxyl groups is 1. The van der Waals surface area contributed by atoms with E-state index < -0.39 is 16.4 Å². The van der Waals surface area contributed by atoms with Crippen molar-refractivity contribution in [3.63, 3.8) is 0 Å². The Kier molecular flexibility index (Phi) is 84.1. The number of hydrogen-bond acceptors (Lipinski definition) is 4. The Balaban J connectivity index is -0.0000000679. The van der Waals surface area contributed by atoms with Gasteiger partial charge in [-0.15, -0.1) is 0 Å². The normalized spacial score (nSPS) is 15.5. The summed E-state index contributed by atoms with van der Waals surface area (Å²) in [6, 6.07) is 2.67. The second kappa shape index (κ2) is 59.6. The van der Waals surface area contributed by atoms with Gasteiger partial charge in [-0.25, -0.2) is 0 Å². The monoisotopic (exact) mass is 1090 g/mol. The Morgan fingerprint density at radius 2 is 0.946 bits per heavy atom. The number of rotatable bonds is 14. The van der Waals surface area contributed by atoms with E-state index in [0.717, 1.165) is 19.1 Å². The van der Waals surface area contributed by atoms with Gasteiger partial charge in [0.25, 0.3) is 0 Å². The van der Waals surface area contributed by atoms with E-state index in [-0.39, 0.29) is 63.8 Å². The Morgan fingerprint density at radius 1 is 0.607 bits per heavy atom. The fraction of sp³-hybridized carbons (Fsp3) is 0.913. The summed E-state index contributed by atoms with van der Waals surface area (Å²) in [6.45, 7) is 26.3. The average Bonchev–Trinajstić information content (AvgIpc) is 3.94. The van der Waals surface area contributed by atoms with Crippen LogP contribution in [0.2, 0.25) is 44.8 Å². The molecule has 0 atom stereocenters. The molecule has 0 unspecified atom stereocenters. The molecule has 0 saturated heterocycles. The number of nitrogens with zero attached hydrogens (tertiary/aromatic N) is 1. The van der Waals surface area contributed by atoms with Crippen molar-refractivity contribution in [2.75, 3.05) is 56.3 Å². The van der Waals surface area contributed by atoms with Crippen LogP contribution in [0.3, 0.4) is 0 Å². The molecule has 0 aromatic heterocycles. The average molecular weight is 1100 g/mol. The van der Waals surface area contributed by atoms with Crippen molar-refractivity contribution in [2.45, 2.75) is 201 Å². The van der Waals surface area contributed by atoms with Crippen molar-refractivity contribution in [2.24, 2.45) is 11.8 Å². The van der Waals surface area contributed by atoms with Gasteiger partial charge in [0.1, 0.15) is 0 Å². The van der Waals surface area contributed by atoms with E-state index in [4.69, 9.17) is 14.3 Å². The summed E-state index contributed by atoms with van der Waals surface area (Å²) >= 11 is 5.71. The van der Waals surface area contributed by atoms with Crippen LogP contribution in [0.25, 0.3) is 0 Å². The van der Waals surface area contributed by atoms with Crippen LogP contribution >= 0.6 is 38.5 Å².